The predicted octanol–water partition coefficient (Wildman–Crippen LogP) is 2.08. The van der Waals surface area contributed by atoms with Crippen LogP contribution < -0.4 is 11.1 Å². The first-order chi connectivity index (χ1) is 8.68. The van der Waals surface area contributed by atoms with Crippen molar-refractivity contribution in [3.05, 3.63) is 40.2 Å². The summed E-state index contributed by atoms with van der Waals surface area (Å²) < 4.78 is 0. The number of aromatic carboxylic acids is 1. The van der Waals surface area contributed by atoms with Crippen LogP contribution in [-0.4, -0.2) is 22.6 Å². The van der Waals surface area contributed by atoms with Crippen molar-refractivity contribution >= 4 is 28.8 Å². The number of thiophene rings is 1. The second-order valence-electron chi connectivity index (χ2n) is 3.68. The number of nitrogen functional groups attached to an aromatic ring is 1. The van der Waals surface area contributed by atoms with E-state index in [1.165, 1.54) is 17.1 Å². The first-order valence-electron chi connectivity index (χ1n) is 5.42. The highest BCUT2D eigenvalue weighted by Gasteiger charge is 2.11. The lowest BCUT2D eigenvalue weighted by Crippen LogP contribution is -2.11. The number of hydrogen-bond acceptors (Lipinski definition) is 5. The molecular formula is C12H13N3O2S. The van der Waals surface area contributed by atoms with Gasteiger partial charge >= 0.3 is 5.97 Å². The number of pyridine rings is 1. The van der Waals surface area contributed by atoms with Crippen LogP contribution in [0.15, 0.2) is 29.8 Å². The number of nitrogens with zero attached hydrogens (tertiary/aromatic N) is 1. The van der Waals surface area contributed by atoms with Crippen LogP contribution in [0.25, 0.3) is 0 Å². The summed E-state index contributed by atoms with van der Waals surface area (Å²) in [4.78, 5) is 16.2. The Labute approximate surface area is 108 Å². The molecule has 94 valence electrons. The van der Waals surface area contributed by atoms with Crippen LogP contribution in [0, 0.1) is 0 Å². The monoisotopic (exact) mass is 263 g/mol. The maximum absolute atomic E-state index is 10.9. The van der Waals surface area contributed by atoms with Gasteiger partial charge in [-0.05, 0) is 23.9 Å². The smallest absolute Gasteiger partial charge is 0.337 e. The van der Waals surface area contributed by atoms with E-state index >= 15 is 0 Å². The van der Waals surface area contributed by atoms with Crippen LogP contribution >= 0.6 is 11.3 Å². The normalized spacial score (nSPS) is 10.2. The maximum Gasteiger partial charge on any atom is 0.337 e. The van der Waals surface area contributed by atoms with Crippen LogP contribution in [0.4, 0.5) is 11.5 Å². The molecular weight excluding hydrogens is 250 g/mol. The first kappa shape index (κ1) is 12.4. The van der Waals surface area contributed by atoms with Gasteiger partial charge in [-0.25, -0.2) is 9.78 Å². The molecule has 0 atom stereocenters. The Balaban J connectivity index is 2.01. The van der Waals surface area contributed by atoms with Gasteiger partial charge in [-0.2, -0.15) is 0 Å². The maximum atomic E-state index is 10.9. The summed E-state index contributed by atoms with van der Waals surface area (Å²) in [6.45, 7) is 0.667. The minimum atomic E-state index is -1.05. The minimum Gasteiger partial charge on any atom is -0.478 e. The third-order valence-corrected chi connectivity index (χ3v) is 3.40. The summed E-state index contributed by atoms with van der Waals surface area (Å²) in [6, 6.07) is 5.44. The van der Waals surface area contributed by atoms with Crippen molar-refractivity contribution in [2.75, 3.05) is 17.6 Å². The van der Waals surface area contributed by atoms with E-state index in [1.807, 2.05) is 11.4 Å². The highest BCUT2D eigenvalue weighted by Crippen LogP contribution is 2.20. The average Bonchev–Trinajstić information content (AvgIpc) is 2.84. The fourth-order valence-corrected chi connectivity index (χ4v) is 2.27. The highest BCUT2D eigenvalue weighted by molar-refractivity contribution is 7.09. The molecule has 18 heavy (non-hydrogen) atoms. The van der Waals surface area contributed by atoms with Crippen LogP contribution in [0.1, 0.15) is 15.2 Å². The molecule has 6 heteroatoms. The van der Waals surface area contributed by atoms with E-state index in [0.717, 1.165) is 6.42 Å². The Morgan fingerprint density at radius 2 is 2.33 bits per heavy atom. The molecule has 0 aliphatic carbocycles. The zero-order valence-corrected chi connectivity index (χ0v) is 10.4. The zero-order chi connectivity index (χ0) is 13.0. The third-order valence-electron chi connectivity index (χ3n) is 2.46. The summed E-state index contributed by atoms with van der Waals surface area (Å²) in [7, 11) is 0. The fraction of sp³-hybridized carbons (Fsp3) is 0.167. The van der Waals surface area contributed by atoms with E-state index in [0.29, 0.717) is 12.4 Å². The summed E-state index contributed by atoms with van der Waals surface area (Å²) in [5, 5.41) is 14.0. The summed E-state index contributed by atoms with van der Waals surface area (Å²) >= 11 is 1.68. The molecule has 0 unspecified atom stereocenters. The second-order valence-corrected chi connectivity index (χ2v) is 4.71. The Morgan fingerprint density at radius 1 is 1.50 bits per heavy atom. The van der Waals surface area contributed by atoms with E-state index in [9.17, 15) is 4.79 Å². The van der Waals surface area contributed by atoms with Crippen LogP contribution in [0.3, 0.4) is 0 Å². The van der Waals surface area contributed by atoms with Gasteiger partial charge in [0.25, 0.3) is 0 Å². The number of hydrogen-bond donors (Lipinski definition) is 3. The topological polar surface area (TPSA) is 88.2 Å². The van der Waals surface area contributed by atoms with Crippen LogP contribution in [0.2, 0.25) is 0 Å². The number of carboxylic acid groups (broad SMARTS) is 1. The number of rotatable bonds is 5. The summed E-state index contributed by atoms with van der Waals surface area (Å²) in [5.41, 5.74) is 5.99. The van der Waals surface area contributed by atoms with Crippen molar-refractivity contribution in [2.45, 2.75) is 6.42 Å². The number of anilines is 2. The summed E-state index contributed by atoms with van der Waals surface area (Å²) in [6.07, 6.45) is 2.30. The standard InChI is InChI=1S/C12H13N3O2S/c13-10-9(12(16)17)4-6-15-11(10)14-5-3-8-2-1-7-18-8/h1-2,4,6-7H,3,5,13H2,(H,14,15)(H,16,17). The Morgan fingerprint density at radius 3 is 3.00 bits per heavy atom. The Bertz CT molecular complexity index is 540. The van der Waals surface area contributed by atoms with Gasteiger partial charge < -0.3 is 16.2 Å². The molecule has 0 aliphatic rings. The molecule has 0 fully saturated rings. The quantitative estimate of drug-likeness (QED) is 0.768. The van der Waals surface area contributed by atoms with Gasteiger partial charge in [0.05, 0.1) is 11.3 Å². The molecule has 0 bridgehead atoms. The van der Waals surface area contributed by atoms with Gasteiger partial charge in [0, 0.05) is 17.6 Å². The van der Waals surface area contributed by atoms with E-state index in [4.69, 9.17) is 10.8 Å². The van der Waals surface area contributed by atoms with Crippen molar-refractivity contribution in [3.63, 3.8) is 0 Å². The van der Waals surface area contributed by atoms with Crippen molar-refractivity contribution in [1.82, 2.24) is 4.98 Å². The van der Waals surface area contributed by atoms with Gasteiger partial charge in [0.15, 0.2) is 0 Å². The van der Waals surface area contributed by atoms with E-state index in [1.54, 1.807) is 11.3 Å². The molecule has 0 aliphatic heterocycles. The first-order valence-corrected chi connectivity index (χ1v) is 6.30. The molecule has 0 saturated heterocycles. The molecule has 4 N–H and O–H groups in total. The lowest BCUT2D eigenvalue weighted by Gasteiger charge is -2.09. The van der Waals surface area contributed by atoms with Crippen LogP contribution in [0.5, 0.6) is 0 Å². The Hall–Kier alpha value is -2.08. The van der Waals surface area contributed by atoms with Gasteiger partial charge in [-0.3, -0.25) is 0 Å². The third kappa shape index (κ3) is 2.78. The van der Waals surface area contributed by atoms with Gasteiger partial charge in [0.2, 0.25) is 0 Å². The molecule has 2 rings (SSSR count). The van der Waals surface area contributed by atoms with Gasteiger partial charge in [-0.1, -0.05) is 6.07 Å². The second kappa shape index (κ2) is 5.50. The molecule has 0 aromatic carbocycles. The van der Waals surface area contributed by atoms with E-state index in [-0.39, 0.29) is 11.3 Å². The predicted molar refractivity (Wildman–Crippen MR) is 72.1 cm³/mol. The molecule has 0 saturated carbocycles. The van der Waals surface area contributed by atoms with Crippen LogP contribution in [-0.2, 0) is 6.42 Å². The lowest BCUT2D eigenvalue weighted by atomic mass is 10.2. The molecule has 0 spiro atoms. The molecule has 2 heterocycles. The van der Waals surface area contributed by atoms with E-state index in [2.05, 4.69) is 16.4 Å². The SMILES string of the molecule is Nc1c(C(=O)O)ccnc1NCCc1cccs1. The molecule has 0 radical (unpaired) electrons. The largest absolute Gasteiger partial charge is 0.478 e. The van der Waals surface area contributed by atoms with Crippen molar-refractivity contribution < 1.29 is 9.90 Å². The average molecular weight is 263 g/mol. The molecule has 5 nitrogen and oxygen atoms in total. The zero-order valence-electron chi connectivity index (χ0n) is 9.59. The van der Waals surface area contributed by atoms with Gasteiger partial charge in [0.1, 0.15) is 5.82 Å². The van der Waals surface area contributed by atoms with E-state index < -0.39 is 5.97 Å². The van der Waals surface area contributed by atoms with Crippen molar-refractivity contribution in [2.24, 2.45) is 0 Å². The number of carbonyl (C=O) groups is 1. The molecule has 0 amide bonds. The number of carboxylic acids is 1. The fourth-order valence-electron chi connectivity index (χ4n) is 1.56. The van der Waals surface area contributed by atoms with Crippen molar-refractivity contribution in [3.8, 4) is 0 Å². The molecule has 2 aromatic heterocycles. The van der Waals surface area contributed by atoms with Gasteiger partial charge in [-0.15, -0.1) is 11.3 Å². The number of nitrogens with two attached hydrogens (primary N) is 1. The number of nitrogens with one attached hydrogen (secondary N) is 1. The Kier molecular flexibility index (Phi) is 3.78. The van der Waals surface area contributed by atoms with Crippen molar-refractivity contribution in [1.29, 1.82) is 0 Å². The highest BCUT2D eigenvalue weighted by atomic mass is 32.1. The lowest BCUT2D eigenvalue weighted by molar-refractivity contribution is 0.0698. The number of aromatic nitrogens is 1. The minimum absolute atomic E-state index is 0.0728. The molecule has 2 aromatic rings. The summed E-state index contributed by atoms with van der Waals surface area (Å²) in [5.74, 6) is -0.623.